The summed E-state index contributed by atoms with van der Waals surface area (Å²) in [5.74, 6) is -1.68. The molecule has 2 aromatic rings. The second kappa shape index (κ2) is 7.58. The quantitative estimate of drug-likeness (QED) is 0.819. The normalized spacial score (nSPS) is 13.3. The number of para-hydroxylation sites is 1. The molecule has 0 bridgehead atoms. The van der Waals surface area contributed by atoms with Crippen LogP contribution >= 0.6 is 0 Å². The van der Waals surface area contributed by atoms with Gasteiger partial charge < -0.3 is 10.4 Å². The van der Waals surface area contributed by atoms with Gasteiger partial charge in [0.1, 0.15) is 0 Å². The van der Waals surface area contributed by atoms with Gasteiger partial charge in [-0.2, -0.15) is 5.10 Å². The molecular weight excluding hydrogens is 294 g/mol. The van der Waals surface area contributed by atoms with E-state index in [-0.39, 0.29) is 5.91 Å². The lowest BCUT2D eigenvalue weighted by Crippen LogP contribution is -2.40. The van der Waals surface area contributed by atoms with E-state index in [1.807, 2.05) is 36.5 Å². The van der Waals surface area contributed by atoms with Crippen molar-refractivity contribution in [3.05, 3.63) is 48.3 Å². The van der Waals surface area contributed by atoms with E-state index in [0.29, 0.717) is 12.8 Å². The summed E-state index contributed by atoms with van der Waals surface area (Å²) in [5, 5.41) is 15.9. The second-order valence-electron chi connectivity index (χ2n) is 5.61. The molecular formula is C17H21N3O3. The number of benzene rings is 1. The number of carboxylic acid groups (broad SMARTS) is 1. The van der Waals surface area contributed by atoms with E-state index in [2.05, 4.69) is 10.4 Å². The summed E-state index contributed by atoms with van der Waals surface area (Å²) in [6, 6.07) is 9.34. The Hall–Kier alpha value is -2.63. The van der Waals surface area contributed by atoms with Crippen LogP contribution in [0, 0.1) is 5.92 Å². The number of hydrogen-bond acceptors (Lipinski definition) is 3. The van der Waals surface area contributed by atoms with Crippen molar-refractivity contribution in [2.45, 2.75) is 32.7 Å². The van der Waals surface area contributed by atoms with Gasteiger partial charge in [-0.25, -0.2) is 4.68 Å². The number of rotatable bonds is 7. The smallest absolute Gasteiger partial charge is 0.308 e. The van der Waals surface area contributed by atoms with Crippen molar-refractivity contribution in [1.29, 1.82) is 0 Å². The topological polar surface area (TPSA) is 84.2 Å². The van der Waals surface area contributed by atoms with Gasteiger partial charge in [0.05, 0.1) is 17.8 Å². The first-order chi connectivity index (χ1) is 11.0. The molecule has 6 nitrogen and oxygen atoms in total. The Morgan fingerprint density at radius 3 is 2.61 bits per heavy atom. The third-order valence-corrected chi connectivity index (χ3v) is 3.83. The molecule has 0 radical (unpaired) electrons. The van der Waals surface area contributed by atoms with Gasteiger partial charge in [0.15, 0.2) is 0 Å². The van der Waals surface area contributed by atoms with Crippen LogP contribution in [0.5, 0.6) is 0 Å². The minimum atomic E-state index is -0.915. The predicted molar refractivity (Wildman–Crippen MR) is 86.3 cm³/mol. The number of carboxylic acids is 1. The summed E-state index contributed by atoms with van der Waals surface area (Å²) in [5.41, 5.74) is 1.93. The maximum absolute atomic E-state index is 11.9. The largest absolute Gasteiger partial charge is 0.481 e. The number of aryl methyl sites for hydroxylation is 1. The highest BCUT2D eigenvalue weighted by atomic mass is 16.4. The van der Waals surface area contributed by atoms with Gasteiger partial charge in [0.2, 0.25) is 5.91 Å². The second-order valence-corrected chi connectivity index (χ2v) is 5.61. The summed E-state index contributed by atoms with van der Waals surface area (Å²) in [4.78, 5) is 22.8. The Labute approximate surface area is 135 Å². The molecule has 1 aromatic heterocycles. The van der Waals surface area contributed by atoms with Crippen LogP contribution in [0.25, 0.3) is 5.69 Å². The molecule has 2 N–H and O–H groups in total. The van der Waals surface area contributed by atoms with E-state index in [0.717, 1.165) is 11.3 Å². The van der Waals surface area contributed by atoms with Crippen molar-refractivity contribution in [2.75, 3.05) is 0 Å². The summed E-state index contributed by atoms with van der Waals surface area (Å²) >= 11 is 0. The Morgan fingerprint density at radius 2 is 1.96 bits per heavy atom. The first-order valence-corrected chi connectivity index (χ1v) is 7.58. The third kappa shape index (κ3) is 4.67. The van der Waals surface area contributed by atoms with Crippen LogP contribution in [0.1, 0.15) is 25.8 Å². The zero-order valence-electron chi connectivity index (χ0n) is 13.3. The lowest BCUT2D eigenvalue weighted by Gasteiger charge is -2.17. The average Bonchev–Trinajstić information content (AvgIpc) is 3.02. The van der Waals surface area contributed by atoms with Crippen LogP contribution in [-0.4, -0.2) is 32.8 Å². The number of aromatic nitrogens is 2. The van der Waals surface area contributed by atoms with Gasteiger partial charge in [0.25, 0.3) is 0 Å². The van der Waals surface area contributed by atoms with Crippen molar-refractivity contribution >= 4 is 11.9 Å². The zero-order valence-corrected chi connectivity index (χ0v) is 13.3. The highest BCUT2D eigenvalue weighted by Gasteiger charge is 2.20. The van der Waals surface area contributed by atoms with E-state index < -0.39 is 17.9 Å². The minimum absolute atomic E-state index is 0.155. The molecule has 2 unspecified atom stereocenters. The summed E-state index contributed by atoms with van der Waals surface area (Å²) in [6.45, 7) is 3.28. The number of carbonyl (C=O) groups is 2. The number of hydrogen-bond donors (Lipinski definition) is 2. The van der Waals surface area contributed by atoms with Gasteiger partial charge in [0, 0.05) is 18.7 Å². The first kappa shape index (κ1) is 16.7. The van der Waals surface area contributed by atoms with E-state index in [1.54, 1.807) is 24.7 Å². The highest BCUT2D eigenvalue weighted by molar-refractivity contribution is 5.78. The molecule has 1 amide bonds. The van der Waals surface area contributed by atoms with Crippen LogP contribution in [-0.2, 0) is 16.0 Å². The molecule has 2 rings (SSSR count). The van der Waals surface area contributed by atoms with Crippen LogP contribution in [0.2, 0.25) is 0 Å². The molecule has 0 fully saturated rings. The van der Waals surface area contributed by atoms with Crippen LogP contribution in [0.4, 0.5) is 0 Å². The predicted octanol–water partition coefficient (Wildman–Crippen LogP) is 2.03. The molecule has 6 heteroatoms. The van der Waals surface area contributed by atoms with Gasteiger partial charge in [-0.1, -0.05) is 18.2 Å². The monoisotopic (exact) mass is 315 g/mol. The molecule has 0 aliphatic rings. The van der Waals surface area contributed by atoms with Crippen molar-refractivity contribution in [2.24, 2.45) is 5.92 Å². The summed E-state index contributed by atoms with van der Waals surface area (Å²) < 4.78 is 1.77. The number of carbonyl (C=O) groups excluding carboxylic acids is 1. The summed E-state index contributed by atoms with van der Waals surface area (Å²) in [6.07, 6.45) is 4.50. The SMILES string of the molecule is CC(NC(=O)CCc1cnn(-c2ccccc2)c1)C(C)C(=O)O. The Kier molecular flexibility index (Phi) is 5.51. The number of nitrogens with one attached hydrogen (secondary N) is 1. The Bertz CT molecular complexity index is 667. The van der Waals surface area contributed by atoms with Gasteiger partial charge >= 0.3 is 5.97 Å². The van der Waals surface area contributed by atoms with E-state index in [4.69, 9.17) is 5.11 Å². The zero-order chi connectivity index (χ0) is 16.8. The molecule has 2 atom stereocenters. The Balaban J connectivity index is 1.86. The first-order valence-electron chi connectivity index (χ1n) is 7.58. The molecule has 1 aromatic carbocycles. The van der Waals surface area contributed by atoms with E-state index >= 15 is 0 Å². The van der Waals surface area contributed by atoms with E-state index in [1.165, 1.54) is 0 Å². The third-order valence-electron chi connectivity index (χ3n) is 3.83. The molecule has 122 valence electrons. The molecule has 23 heavy (non-hydrogen) atoms. The fourth-order valence-electron chi connectivity index (χ4n) is 2.13. The molecule has 1 heterocycles. The molecule has 0 aliphatic heterocycles. The fraction of sp³-hybridized carbons (Fsp3) is 0.353. The standard InChI is InChI=1S/C17H21N3O3/c1-12(17(22)23)13(2)19-16(21)9-8-14-10-18-20(11-14)15-6-4-3-5-7-15/h3-7,10-13H,8-9H2,1-2H3,(H,19,21)(H,22,23). The molecule has 0 saturated carbocycles. The van der Waals surface area contributed by atoms with Gasteiger partial charge in [-0.3, -0.25) is 9.59 Å². The average molecular weight is 315 g/mol. The molecule has 0 aliphatic carbocycles. The van der Waals surface area contributed by atoms with E-state index in [9.17, 15) is 9.59 Å². The van der Waals surface area contributed by atoms with Crippen LogP contribution < -0.4 is 5.32 Å². The highest BCUT2D eigenvalue weighted by Crippen LogP contribution is 2.09. The lowest BCUT2D eigenvalue weighted by atomic mass is 10.0. The number of nitrogens with zero attached hydrogens (tertiary/aromatic N) is 2. The number of aliphatic carboxylic acids is 1. The maximum Gasteiger partial charge on any atom is 0.308 e. The van der Waals surface area contributed by atoms with Gasteiger partial charge in [-0.15, -0.1) is 0 Å². The minimum Gasteiger partial charge on any atom is -0.481 e. The lowest BCUT2D eigenvalue weighted by molar-refractivity contribution is -0.142. The van der Waals surface area contributed by atoms with Crippen LogP contribution in [0.15, 0.2) is 42.7 Å². The molecule has 0 saturated heterocycles. The maximum atomic E-state index is 11.9. The van der Waals surface area contributed by atoms with Crippen molar-refractivity contribution in [3.63, 3.8) is 0 Å². The van der Waals surface area contributed by atoms with Crippen LogP contribution in [0.3, 0.4) is 0 Å². The summed E-state index contributed by atoms with van der Waals surface area (Å²) in [7, 11) is 0. The van der Waals surface area contributed by atoms with Crippen molar-refractivity contribution in [1.82, 2.24) is 15.1 Å². The fourth-order valence-corrected chi connectivity index (χ4v) is 2.13. The Morgan fingerprint density at radius 1 is 1.26 bits per heavy atom. The van der Waals surface area contributed by atoms with Crippen molar-refractivity contribution < 1.29 is 14.7 Å². The van der Waals surface area contributed by atoms with Gasteiger partial charge in [-0.05, 0) is 38.0 Å². The molecule has 0 spiro atoms. The van der Waals surface area contributed by atoms with Crippen molar-refractivity contribution in [3.8, 4) is 5.69 Å². The number of amides is 1.